The molecule has 0 N–H and O–H groups in total. The van der Waals surface area contributed by atoms with Crippen LogP contribution in [0.5, 0.6) is 0 Å². The zero-order valence-corrected chi connectivity index (χ0v) is 11.5. The molecule has 0 unspecified atom stereocenters. The second-order valence-electron chi connectivity index (χ2n) is 6.13. The van der Waals surface area contributed by atoms with Gasteiger partial charge in [0.15, 0.2) is 0 Å². The van der Waals surface area contributed by atoms with Gasteiger partial charge in [-0.1, -0.05) is 38.1 Å². The number of rotatable bonds is 1. The topological polar surface area (TPSA) is 27.0 Å². The molecule has 3 rings (SSSR count). The summed E-state index contributed by atoms with van der Waals surface area (Å²) in [4.78, 5) is 2.45. The fraction of sp³-hybridized carbons (Fsp3) is 0.353. The third-order valence-electron chi connectivity index (χ3n) is 4.04. The van der Waals surface area contributed by atoms with Crippen molar-refractivity contribution in [2.75, 3.05) is 18.0 Å². The van der Waals surface area contributed by atoms with E-state index in [1.807, 2.05) is 24.3 Å². The Morgan fingerprint density at radius 1 is 1.11 bits per heavy atom. The minimum Gasteiger partial charge on any atom is -0.370 e. The number of benzene rings is 2. The molecule has 0 saturated carbocycles. The summed E-state index contributed by atoms with van der Waals surface area (Å²) in [5.74, 6) is 0. The summed E-state index contributed by atoms with van der Waals surface area (Å²) in [7, 11) is 0. The molecule has 0 radical (unpaired) electrons. The molecular weight excluding hydrogens is 232 g/mol. The van der Waals surface area contributed by atoms with Gasteiger partial charge in [0.2, 0.25) is 0 Å². The van der Waals surface area contributed by atoms with Gasteiger partial charge < -0.3 is 4.90 Å². The van der Waals surface area contributed by atoms with Gasteiger partial charge in [-0.3, -0.25) is 0 Å². The van der Waals surface area contributed by atoms with Crippen molar-refractivity contribution >= 4 is 16.5 Å². The molecule has 96 valence electrons. The van der Waals surface area contributed by atoms with Crippen LogP contribution >= 0.6 is 0 Å². The van der Waals surface area contributed by atoms with Crippen molar-refractivity contribution in [3.63, 3.8) is 0 Å². The van der Waals surface area contributed by atoms with E-state index in [-0.39, 0.29) is 0 Å². The Morgan fingerprint density at radius 3 is 2.47 bits per heavy atom. The molecule has 1 aliphatic rings. The van der Waals surface area contributed by atoms with E-state index in [2.05, 4.69) is 36.9 Å². The van der Waals surface area contributed by atoms with Crippen molar-refractivity contribution in [1.82, 2.24) is 0 Å². The van der Waals surface area contributed by atoms with E-state index in [9.17, 15) is 5.26 Å². The molecule has 0 spiro atoms. The molecule has 0 atom stereocenters. The second kappa shape index (κ2) is 4.28. The summed E-state index contributed by atoms with van der Waals surface area (Å²) >= 11 is 0. The first-order chi connectivity index (χ1) is 9.11. The summed E-state index contributed by atoms with van der Waals surface area (Å²) in [5.41, 5.74) is 2.41. The first-order valence-corrected chi connectivity index (χ1v) is 6.77. The van der Waals surface area contributed by atoms with Gasteiger partial charge in [0.25, 0.3) is 0 Å². The van der Waals surface area contributed by atoms with Crippen LogP contribution in [0.25, 0.3) is 10.8 Å². The van der Waals surface area contributed by atoms with Crippen LogP contribution in [0, 0.1) is 16.7 Å². The van der Waals surface area contributed by atoms with Crippen molar-refractivity contribution < 1.29 is 0 Å². The van der Waals surface area contributed by atoms with Crippen molar-refractivity contribution in [2.24, 2.45) is 5.41 Å². The Morgan fingerprint density at radius 2 is 1.84 bits per heavy atom. The van der Waals surface area contributed by atoms with Gasteiger partial charge in [-0.15, -0.1) is 0 Å². The number of fused-ring (bicyclic) bond motifs is 1. The van der Waals surface area contributed by atoms with E-state index in [1.165, 1.54) is 17.5 Å². The number of anilines is 1. The zero-order chi connectivity index (χ0) is 13.5. The lowest BCUT2D eigenvalue weighted by Gasteiger charge is -2.23. The molecule has 0 amide bonds. The quantitative estimate of drug-likeness (QED) is 0.766. The van der Waals surface area contributed by atoms with Gasteiger partial charge in [0.1, 0.15) is 0 Å². The van der Waals surface area contributed by atoms with Crippen LogP contribution in [-0.2, 0) is 0 Å². The van der Waals surface area contributed by atoms with Crippen LogP contribution in [0.4, 0.5) is 5.69 Å². The third kappa shape index (κ3) is 2.06. The molecular formula is C17H18N2. The van der Waals surface area contributed by atoms with E-state index < -0.39 is 0 Å². The number of hydrogen-bond acceptors (Lipinski definition) is 2. The van der Waals surface area contributed by atoms with E-state index in [0.29, 0.717) is 5.41 Å². The fourth-order valence-electron chi connectivity index (χ4n) is 2.97. The lowest BCUT2D eigenvalue weighted by Crippen LogP contribution is -2.22. The molecule has 2 heteroatoms. The van der Waals surface area contributed by atoms with Crippen LogP contribution in [0.2, 0.25) is 0 Å². The van der Waals surface area contributed by atoms with Crippen molar-refractivity contribution in [3.05, 3.63) is 42.0 Å². The van der Waals surface area contributed by atoms with Crippen LogP contribution in [0.1, 0.15) is 25.8 Å². The summed E-state index contributed by atoms with van der Waals surface area (Å²) in [6, 6.07) is 14.5. The highest BCUT2D eigenvalue weighted by molar-refractivity contribution is 5.97. The SMILES string of the molecule is CC1(C)CCN(c2ccc(C#N)c3ccccc23)C1. The first-order valence-electron chi connectivity index (χ1n) is 6.77. The van der Waals surface area contributed by atoms with Crippen molar-refractivity contribution in [1.29, 1.82) is 5.26 Å². The van der Waals surface area contributed by atoms with Gasteiger partial charge in [-0.25, -0.2) is 0 Å². The molecule has 2 aromatic rings. The van der Waals surface area contributed by atoms with Crippen molar-refractivity contribution in [3.8, 4) is 6.07 Å². The maximum absolute atomic E-state index is 9.21. The van der Waals surface area contributed by atoms with E-state index in [0.717, 1.165) is 24.0 Å². The minimum atomic E-state index is 0.384. The van der Waals surface area contributed by atoms with Crippen LogP contribution in [0.3, 0.4) is 0 Å². The highest BCUT2D eigenvalue weighted by atomic mass is 15.2. The first kappa shape index (κ1) is 12.0. The molecule has 1 saturated heterocycles. The summed E-state index contributed by atoms with van der Waals surface area (Å²) < 4.78 is 0. The average Bonchev–Trinajstić information content (AvgIpc) is 2.77. The predicted octanol–water partition coefficient (Wildman–Crippen LogP) is 3.95. The van der Waals surface area contributed by atoms with Gasteiger partial charge in [0.05, 0.1) is 11.6 Å². The summed E-state index contributed by atoms with van der Waals surface area (Å²) in [5, 5.41) is 11.5. The summed E-state index contributed by atoms with van der Waals surface area (Å²) in [6.07, 6.45) is 1.22. The van der Waals surface area contributed by atoms with Gasteiger partial charge in [-0.05, 0) is 24.0 Å². The minimum absolute atomic E-state index is 0.384. The molecule has 1 fully saturated rings. The lowest BCUT2D eigenvalue weighted by atomic mass is 9.93. The Balaban J connectivity index is 2.14. The maximum atomic E-state index is 9.21. The van der Waals surface area contributed by atoms with Crippen LogP contribution in [0.15, 0.2) is 36.4 Å². The average molecular weight is 250 g/mol. The molecule has 1 aliphatic heterocycles. The van der Waals surface area contributed by atoms with E-state index >= 15 is 0 Å². The number of nitrogens with zero attached hydrogens (tertiary/aromatic N) is 2. The highest BCUT2D eigenvalue weighted by Gasteiger charge is 2.30. The molecule has 0 bridgehead atoms. The normalized spacial score (nSPS) is 17.6. The molecule has 2 nitrogen and oxygen atoms in total. The maximum Gasteiger partial charge on any atom is 0.0998 e. The Labute approximate surface area is 114 Å². The Hall–Kier alpha value is -2.01. The second-order valence-corrected chi connectivity index (χ2v) is 6.13. The van der Waals surface area contributed by atoms with Gasteiger partial charge in [0, 0.05) is 29.5 Å². The Kier molecular flexibility index (Phi) is 2.71. The molecule has 0 aliphatic carbocycles. The fourth-order valence-corrected chi connectivity index (χ4v) is 2.97. The third-order valence-corrected chi connectivity index (χ3v) is 4.04. The zero-order valence-electron chi connectivity index (χ0n) is 11.5. The lowest BCUT2D eigenvalue weighted by molar-refractivity contribution is 0.418. The van der Waals surface area contributed by atoms with Crippen LogP contribution in [-0.4, -0.2) is 13.1 Å². The van der Waals surface area contributed by atoms with Crippen LogP contribution < -0.4 is 4.90 Å². The van der Waals surface area contributed by atoms with Gasteiger partial charge >= 0.3 is 0 Å². The molecule has 19 heavy (non-hydrogen) atoms. The van der Waals surface area contributed by atoms with E-state index in [4.69, 9.17) is 0 Å². The monoisotopic (exact) mass is 250 g/mol. The van der Waals surface area contributed by atoms with Gasteiger partial charge in [-0.2, -0.15) is 5.26 Å². The number of hydrogen-bond donors (Lipinski definition) is 0. The Bertz CT molecular complexity index is 665. The number of nitriles is 1. The highest BCUT2D eigenvalue weighted by Crippen LogP contribution is 2.36. The molecule has 0 aromatic heterocycles. The largest absolute Gasteiger partial charge is 0.370 e. The molecule has 2 aromatic carbocycles. The van der Waals surface area contributed by atoms with E-state index in [1.54, 1.807) is 0 Å². The smallest absolute Gasteiger partial charge is 0.0998 e. The molecule has 1 heterocycles. The summed E-state index contributed by atoms with van der Waals surface area (Å²) in [6.45, 7) is 6.82. The predicted molar refractivity (Wildman–Crippen MR) is 79.3 cm³/mol. The van der Waals surface area contributed by atoms with Crippen molar-refractivity contribution in [2.45, 2.75) is 20.3 Å². The standard InChI is InChI=1S/C17H18N2/c1-17(2)9-10-19(12-17)16-8-7-13(11-18)14-5-3-4-6-15(14)16/h3-8H,9-10,12H2,1-2H3.